The van der Waals surface area contributed by atoms with Gasteiger partial charge < -0.3 is 5.32 Å². The van der Waals surface area contributed by atoms with Gasteiger partial charge in [0.2, 0.25) is 11.1 Å². The van der Waals surface area contributed by atoms with Gasteiger partial charge >= 0.3 is 0 Å². The highest BCUT2D eigenvalue weighted by molar-refractivity contribution is 7.99. The molecule has 0 bridgehead atoms. The van der Waals surface area contributed by atoms with E-state index < -0.39 is 0 Å². The lowest BCUT2D eigenvalue weighted by Crippen LogP contribution is -2.10. The SMILES string of the molecule is CCC(=O)Nc1ccc(C(=O)CSc2nnnn2-c2ccc(C(C)C)cc2)cc1. The van der Waals surface area contributed by atoms with Crippen LogP contribution >= 0.6 is 11.8 Å². The van der Waals surface area contributed by atoms with Crippen LogP contribution in [0.15, 0.2) is 53.7 Å². The zero-order chi connectivity index (χ0) is 20.8. The lowest BCUT2D eigenvalue weighted by atomic mass is 10.0. The molecular weight excluding hydrogens is 386 g/mol. The van der Waals surface area contributed by atoms with E-state index >= 15 is 0 Å². The molecule has 1 aromatic heterocycles. The summed E-state index contributed by atoms with van der Waals surface area (Å²) in [6, 6.07) is 14.9. The molecule has 0 aliphatic rings. The molecule has 0 aliphatic carbocycles. The van der Waals surface area contributed by atoms with Crippen molar-refractivity contribution < 1.29 is 9.59 Å². The largest absolute Gasteiger partial charge is 0.326 e. The van der Waals surface area contributed by atoms with E-state index in [9.17, 15) is 9.59 Å². The van der Waals surface area contributed by atoms with Gasteiger partial charge in [0.1, 0.15) is 0 Å². The summed E-state index contributed by atoms with van der Waals surface area (Å²) in [5.41, 5.74) is 3.34. The van der Waals surface area contributed by atoms with E-state index in [0.717, 1.165) is 5.69 Å². The fourth-order valence-electron chi connectivity index (χ4n) is 2.63. The summed E-state index contributed by atoms with van der Waals surface area (Å²) in [6.07, 6.45) is 0.409. The zero-order valence-electron chi connectivity index (χ0n) is 16.6. The Morgan fingerprint density at radius 3 is 2.38 bits per heavy atom. The topological polar surface area (TPSA) is 89.8 Å². The van der Waals surface area contributed by atoms with Crippen molar-refractivity contribution >= 4 is 29.1 Å². The number of hydrogen-bond donors (Lipinski definition) is 1. The molecule has 0 fully saturated rings. The van der Waals surface area contributed by atoms with Crippen LogP contribution < -0.4 is 5.32 Å². The van der Waals surface area contributed by atoms with Gasteiger partial charge in [0.15, 0.2) is 5.78 Å². The van der Waals surface area contributed by atoms with Gasteiger partial charge in [-0.05, 0) is 58.3 Å². The minimum Gasteiger partial charge on any atom is -0.326 e. The van der Waals surface area contributed by atoms with E-state index in [1.54, 1.807) is 35.9 Å². The molecule has 0 radical (unpaired) electrons. The van der Waals surface area contributed by atoms with Crippen LogP contribution in [-0.4, -0.2) is 37.7 Å². The molecule has 0 aliphatic heterocycles. The standard InChI is InChI=1S/C21H23N5O2S/c1-4-20(28)22-17-9-5-16(6-10-17)19(27)13-29-21-23-24-25-26(21)18-11-7-15(8-12-18)14(2)3/h5-12,14H,4,13H2,1-3H3,(H,22,28). The number of ketones is 1. The Balaban J connectivity index is 1.64. The second-order valence-corrected chi connectivity index (χ2v) is 7.75. The maximum Gasteiger partial charge on any atom is 0.224 e. The number of nitrogens with zero attached hydrogens (tertiary/aromatic N) is 4. The van der Waals surface area contributed by atoms with Gasteiger partial charge in [-0.15, -0.1) is 5.10 Å². The molecule has 150 valence electrons. The number of benzene rings is 2. The van der Waals surface area contributed by atoms with Gasteiger partial charge in [-0.2, -0.15) is 4.68 Å². The molecule has 0 saturated carbocycles. The van der Waals surface area contributed by atoms with Crippen LogP contribution in [0.2, 0.25) is 0 Å². The Hall–Kier alpha value is -3.00. The summed E-state index contributed by atoms with van der Waals surface area (Å²) < 4.78 is 1.63. The summed E-state index contributed by atoms with van der Waals surface area (Å²) >= 11 is 1.29. The minimum absolute atomic E-state index is 0.0342. The van der Waals surface area contributed by atoms with Crippen LogP contribution in [0.5, 0.6) is 0 Å². The number of amides is 1. The summed E-state index contributed by atoms with van der Waals surface area (Å²) in [5.74, 6) is 0.567. The summed E-state index contributed by atoms with van der Waals surface area (Å²) in [5, 5.41) is 15.1. The molecule has 7 nitrogen and oxygen atoms in total. The number of carbonyl (C=O) groups excluding carboxylic acids is 2. The lowest BCUT2D eigenvalue weighted by Gasteiger charge is -2.08. The molecule has 0 atom stereocenters. The minimum atomic E-state index is -0.0621. The number of hydrogen-bond acceptors (Lipinski definition) is 6. The first-order chi connectivity index (χ1) is 14.0. The van der Waals surface area contributed by atoms with Crippen LogP contribution in [0.25, 0.3) is 5.69 Å². The van der Waals surface area contributed by atoms with Gasteiger partial charge in [-0.25, -0.2) is 0 Å². The van der Waals surface area contributed by atoms with Crippen LogP contribution in [0.4, 0.5) is 5.69 Å². The predicted molar refractivity (Wildman–Crippen MR) is 114 cm³/mol. The van der Waals surface area contributed by atoms with Crippen LogP contribution in [0.1, 0.15) is 49.0 Å². The van der Waals surface area contributed by atoms with E-state index in [4.69, 9.17) is 0 Å². The van der Waals surface area contributed by atoms with Gasteiger partial charge in [0.05, 0.1) is 11.4 Å². The van der Waals surface area contributed by atoms with Crippen molar-refractivity contribution in [3.8, 4) is 5.69 Å². The van der Waals surface area contributed by atoms with Gasteiger partial charge in [-0.3, -0.25) is 9.59 Å². The number of Topliss-reactive ketones (excluding diaryl/α,β-unsaturated/α-hetero) is 1. The molecule has 2 aromatic carbocycles. The highest BCUT2D eigenvalue weighted by Crippen LogP contribution is 2.22. The number of thioether (sulfide) groups is 1. The van der Waals surface area contributed by atoms with Crippen molar-refractivity contribution in [1.29, 1.82) is 0 Å². The number of carbonyl (C=O) groups is 2. The second-order valence-electron chi connectivity index (χ2n) is 6.81. The second kappa shape index (κ2) is 9.47. The third-order valence-corrected chi connectivity index (χ3v) is 5.31. The van der Waals surface area contributed by atoms with Crippen molar-refractivity contribution in [2.24, 2.45) is 0 Å². The average molecular weight is 410 g/mol. The van der Waals surface area contributed by atoms with Gasteiger partial charge in [0, 0.05) is 17.7 Å². The fraction of sp³-hybridized carbons (Fsp3) is 0.286. The van der Waals surface area contributed by atoms with Crippen molar-refractivity contribution in [2.45, 2.75) is 38.3 Å². The Labute approximate surface area is 173 Å². The third-order valence-electron chi connectivity index (χ3n) is 4.39. The molecule has 8 heteroatoms. The first-order valence-electron chi connectivity index (χ1n) is 9.42. The molecule has 0 spiro atoms. The lowest BCUT2D eigenvalue weighted by molar-refractivity contribution is -0.115. The van der Waals surface area contributed by atoms with E-state index in [1.807, 2.05) is 12.1 Å². The van der Waals surface area contributed by atoms with Crippen LogP contribution in [0.3, 0.4) is 0 Å². The Morgan fingerprint density at radius 2 is 1.76 bits per heavy atom. The third kappa shape index (κ3) is 5.29. The first kappa shape index (κ1) is 20.7. The van der Waals surface area contributed by atoms with Crippen molar-refractivity contribution in [1.82, 2.24) is 20.2 Å². The Bertz CT molecular complexity index is 981. The van der Waals surface area contributed by atoms with Crippen LogP contribution in [0, 0.1) is 0 Å². The van der Waals surface area contributed by atoms with E-state index in [1.165, 1.54) is 17.3 Å². The van der Waals surface area contributed by atoms with Crippen molar-refractivity contribution in [2.75, 3.05) is 11.1 Å². The molecule has 1 N–H and O–H groups in total. The number of anilines is 1. The highest BCUT2D eigenvalue weighted by atomic mass is 32.2. The first-order valence-corrected chi connectivity index (χ1v) is 10.4. The molecule has 1 amide bonds. The Morgan fingerprint density at radius 1 is 1.07 bits per heavy atom. The Kier molecular flexibility index (Phi) is 6.77. The van der Waals surface area contributed by atoms with Crippen LogP contribution in [-0.2, 0) is 4.79 Å². The monoisotopic (exact) mass is 409 g/mol. The maximum atomic E-state index is 12.5. The number of nitrogens with one attached hydrogen (secondary N) is 1. The summed E-state index contributed by atoms with van der Waals surface area (Å²) in [4.78, 5) is 23.9. The zero-order valence-corrected chi connectivity index (χ0v) is 17.4. The van der Waals surface area contributed by atoms with E-state index in [-0.39, 0.29) is 17.4 Å². The molecular formula is C21H23N5O2S. The fourth-order valence-corrected chi connectivity index (χ4v) is 3.42. The molecule has 3 rings (SSSR count). The van der Waals surface area contributed by atoms with Crippen molar-refractivity contribution in [3.63, 3.8) is 0 Å². The van der Waals surface area contributed by atoms with E-state index in [0.29, 0.717) is 28.7 Å². The van der Waals surface area contributed by atoms with Gasteiger partial charge in [0.25, 0.3) is 0 Å². The number of aromatic nitrogens is 4. The maximum absolute atomic E-state index is 12.5. The van der Waals surface area contributed by atoms with E-state index in [2.05, 4.69) is 46.8 Å². The predicted octanol–water partition coefficient (Wildman–Crippen LogP) is 4.11. The smallest absolute Gasteiger partial charge is 0.224 e. The quantitative estimate of drug-likeness (QED) is 0.445. The summed E-state index contributed by atoms with van der Waals surface area (Å²) in [7, 11) is 0. The van der Waals surface area contributed by atoms with Gasteiger partial charge in [-0.1, -0.05) is 44.7 Å². The summed E-state index contributed by atoms with van der Waals surface area (Å²) in [6.45, 7) is 6.07. The highest BCUT2D eigenvalue weighted by Gasteiger charge is 2.13. The van der Waals surface area contributed by atoms with Crippen molar-refractivity contribution in [3.05, 3.63) is 59.7 Å². The number of rotatable bonds is 8. The molecule has 3 aromatic rings. The average Bonchev–Trinajstić information content (AvgIpc) is 3.21. The number of tetrazole rings is 1. The molecule has 0 unspecified atom stereocenters. The normalized spacial score (nSPS) is 10.9. The molecule has 29 heavy (non-hydrogen) atoms. The molecule has 1 heterocycles. The molecule has 0 saturated heterocycles.